The molecule has 0 atom stereocenters. The number of aromatic amines is 1. The van der Waals surface area contributed by atoms with Crippen molar-refractivity contribution in [3.05, 3.63) is 16.7 Å². The Morgan fingerprint density at radius 3 is 2.39 bits per heavy atom. The molecule has 0 aromatic carbocycles. The molecule has 0 saturated heterocycles. The van der Waals surface area contributed by atoms with Gasteiger partial charge in [-0.05, 0) is 0 Å². The fourth-order valence-corrected chi connectivity index (χ4v) is 1.32. The van der Waals surface area contributed by atoms with Gasteiger partial charge in [-0.1, -0.05) is 0 Å². The molecule has 0 fully saturated rings. The van der Waals surface area contributed by atoms with Crippen molar-refractivity contribution in [1.82, 2.24) is 9.97 Å². The van der Waals surface area contributed by atoms with E-state index >= 15 is 0 Å². The maximum Gasteiger partial charge on any atom is 0.323 e. The second kappa shape index (κ2) is 5.66. The van der Waals surface area contributed by atoms with Crippen LogP contribution in [0.4, 0.5) is 5.82 Å². The number of nitrogens with one attached hydrogen (secondary N) is 1. The quantitative estimate of drug-likeness (QED) is 0.576. The third kappa shape index (κ3) is 3.20. The zero-order chi connectivity index (χ0) is 13.7. The fraction of sp³-hybridized carbons (Fsp3) is 0.333. The van der Waals surface area contributed by atoms with Crippen LogP contribution in [0.15, 0.2) is 11.1 Å². The smallest absolute Gasteiger partial charge is 0.323 e. The van der Waals surface area contributed by atoms with Gasteiger partial charge in [0.2, 0.25) is 5.75 Å². The van der Waals surface area contributed by atoms with Gasteiger partial charge in [-0.25, -0.2) is 4.98 Å². The van der Waals surface area contributed by atoms with E-state index in [1.165, 1.54) is 7.11 Å². The van der Waals surface area contributed by atoms with Crippen LogP contribution in [0.5, 0.6) is 5.75 Å². The number of aliphatic carboxylic acids is 2. The lowest BCUT2D eigenvalue weighted by Crippen LogP contribution is -2.36. The SMILES string of the molecule is COc1c(N(CC(=O)O)CC(=O)O)nc[nH]c1=O. The summed E-state index contributed by atoms with van der Waals surface area (Å²) in [5.74, 6) is -2.87. The van der Waals surface area contributed by atoms with Crippen molar-refractivity contribution in [3.8, 4) is 5.75 Å². The molecule has 9 heteroatoms. The van der Waals surface area contributed by atoms with Gasteiger partial charge >= 0.3 is 11.9 Å². The molecule has 18 heavy (non-hydrogen) atoms. The lowest BCUT2D eigenvalue weighted by atomic mass is 10.4. The zero-order valence-corrected chi connectivity index (χ0v) is 9.41. The molecule has 0 unspecified atom stereocenters. The number of carboxylic acids is 2. The van der Waals surface area contributed by atoms with Crippen LogP contribution in [0.25, 0.3) is 0 Å². The average molecular weight is 257 g/mol. The predicted molar refractivity (Wildman–Crippen MR) is 58.9 cm³/mol. The van der Waals surface area contributed by atoms with Crippen molar-refractivity contribution in [1.29, 1.82) is 0 Å². The second-order valence-electron chi connectivity index (χ2n) is 3.23. The van der Waals surface area contributed by atoms with Crippen LogP contribution >= 0.6 is 0 Å². The van der Waals surface area contributed by atoms with E-state index in [0.29, 0.717) is 0 Å². The number of rotatable bonds is 6. The summed E-state index contributed by atoms with van der Waals surface area (Å²) in [6, 6.07) is 0. The Kier molecular flexibility index (Phi) is 4.24. The second-order valence-corrected chi connectivity index (χ2v) is 3.23. The first-order chi connectivity index (χ1) is 8.45. The molecule has 1 heterocycles. The third-order valence-corrected chi connectivity index (χ3v) is 1.95. The summed E-state index contributed by atoms with van der Waals surface area (Å²) in [6.07, 6.45) is 1.04. The lowest BCUT2D eigenvalue weighted by Gasteiger charge is -2.20. The van der Waals surface area contributed by atoms with E-state index in [0.717, 1.165) is 11.2 Å². The molecule has 0 spiro atoms. The number of H-pyrrole nitrogens is 1. The monoisotopic (exact) mass is 257 g/mol. The van der Waals surface area contributed by atoms with Crippen molar-refractivity contribution in [2.24, 2.45) is 0 Å². The van der Waals surface area contributed by atoms with Gasteiger partial charge in [0.15, 0.2) is 5.82 Å². The highest BCUT2D eigenvalue weighted by Gasteiger charge is 2.21. The first kappa shape index (κ1) is 13.5. The molecule has 9 nitrogen and oxygen atoms in total. The van der Waals surface area contributed by atoms with Crippen LogP contribution in [-0.2, 0) is 9.59 Å². The average Bonchev–Trinajstić information content (AvgIpc) is 2.26. The molecule has 0 aliphatic heterocycles. The maximum atomic E-state index is 11.4. The number of hydrogen-bond donors (Lipinski definition) is 3. The Bertz CT molecular complexity index is 495. The number of carbonyl (C=O) groups is 2. The Morgan fingerprint density at radius 2 is 1.94 bits per heavy atom. The molecule has 0 aliphatic carbocycles. The zero-order valence-electron chi connectivity index (χ0n) is 9.41. The van der Waals surface area contributed by atoms with E-state index in [2.05, 4.69) is 9.97 Å². The Morgan fingerprint density at radius 1 is 1.39 bits per heavy atom. The third-order valence-electron chi connectivity index (χ3n) is 1.95. The van der Waals surface area contributed by atoms with Crippen LogP contribution in [0, 0.1) is 0 Å². The van der Waals surface area contributed by atoms with Crippen LogP contribution < -0.4 is 15.2 Å². The van der Waals surface area contributed by atoms with Crippen molar-refractivity contribution < 1.29 is 24.5 Å². The molecular weight excluding hydrogens is 246 g/mol. The van der Waals surface area contributed by atoms with Gasteiger partial charge in [0.1, 0.15) is 13.1 Å². The van der Waals surface area contributed by atoms with E-state index in [1.54, 1.807) is 0 Å². The summed E-state index contributed by atoms with van der Waals surface area (Å²) >= 11 is 0. The molecule has 0 bridgehead atoms. The fourth-order valence-electron chi connectivity index (χ4n) is 1.32. The number of carboxylic acid groups (broad SMARTS) is 2. The van der Waals surface area contributed by atoms with Gasteiger partial charge in [0, 0.05) is 0 Å². The minimum atomic E-state index is -1.25. The van der Waals surface area contributed by atoms with Gasteiger partial charge in [-0.2, -0.15) is 0 Å². The molecule has 1 aromatic rings. The van der Waals surface area contributed by atoms with Crippen molar-refractivity contribution in [2.75, 3.05) is 25.1 Å². The topological polar surface area (TPSA) is 133 Å². The van der Waals surface area contributed by atoms with Crippen molar-refractivity contribution in [3.63, 3.8) is 0 Å². The summed E-state index contributed by atoms with van der Waals surface area (Å²) in [6.45, 7) is -1.22. The van der Waals surface area contributed by atoms with Gasteiger partial charge in [0.25, 0.3) is 5.56 Å². The highest BCUT2D eigenvalue weighted by Crippen LogP contribution is 2.19. The standard InChI is InChI=1S/C9H11N3O6/c1-18-7-8(10-4-11-9(7)17)12(2-5(13)14)3-6(15)16/h4H,2-3H2,1H3,(H,13,14)(H,15,16)(H,10,11,17). The molecule has 0 saturated carbocycles. The van der Waals surface area contributed by atoms with E-state index in [-0.39, 0.29) is 11.6 Å². The van der Waals surface area contributed by atoms with E-state index in [9.17, 15) is 14.4 Å². The van der Waals surface area contributed by atoms with Crippen LogP contribution in [0.2, 0.25) is 0 Å². The number of methoxy groups -OCH3 is 1. The Hall–Kier alpha value is -2.58. The van der Waals surface area contributed by atoms with Gasteiger partial charge < -0.3 is 24.8 Å². The summed E-state index contributed by atoms with van der Waals surface area (Å²) in [4.78, 5) is 39.6. The van der Waals surface area contributed by atoms with E-state index in [1.807, 2.05) is 0 Å². The summed E-state index contributed by atoms with van der Waals surface area (Å²) in [5, 5.41) is 17.4. The lowest BCUT2D eigenvalue weighted by molar-refractivity contribution is -0.136. The van der Waals surface area contributed by atoms with Crippen LogP contribution in [0.3, 0.4) is 0 Å². The highest BCUT2D eigenvalue weighted by molar-refractivity contribution is 5.79. The van der Waals surface area contributed by atoms with Gasteiger partial charge in [-0.15, -0.1) is 0 Å². The number of anilines is 1. The number of aromatic nitrogens is 2. The Balaban J connectivity index is 3.19. The number of nitrogens with zero attached hydrogens (tertiary/aromatic N) is 2. The van der Waals surface area contributed by atoms with Crippen molar-refractivity contribution >= 4 is 17.8 Å². The predicted octanol–water partition coefficient (Wildman–Crippen LogP) is -1.25. The summed E-state index contributed by atoms with van der Waals surface area (Å²) in [7, 11) is 1.20. The molecule has 0 amide bonds. The van der Waals surface area contributed by atoms with E-state index < -0.39 is 30.6 Å². The minimum absolute atomic E-state index is 0.133. The molecule has 0 aliphatic rings. The van der Waals surface area contributed by atoms with Crippen LogP contribution in [-0.4, -0.2) is 52.3 Å². The largest absolute Gasteiger partial charge is 0.489 e. The highest BCUT2D eigenvalue weighted by atomic mass is 16.5. The molecule has 0 radical (unpaired) electrons. The molecule has 98 valence electrons. The molecule has 3 N–H and O–H groups in total. The number of ether oxygens (including phenoxy) is 1. The normalized spacial score (nSPS) is 9.83. The molecular formula is C9H11N3O6. The van der Waals surface area contributed by atoms with Gasteiger partial charge in [-0.3, -0.25) is 14.4 Å². The van der Waals surface area contributed by atoms with Gasteiger partial charge in [0.05, 0.1) is 13.4 Å². The first-order valence-corrected chi connectivity index (χ1v) is 4.76. The number of hydrogen-bond acceptors (Lipinski definition) is 6. The first-order valence-electron chi connectivity index (χ1n) is 4.76. The Labute approximate surface area is 101 Å². The summed E-state index contributed by atoms with van der Waals surface area (Å²) < 4.78 is 4.79. The van der Waals surface area contributed by atoms with E-state index in [4.69, 9.17) is 14.9 Å². The molecule has 1 rings (SSSR count). The van der Waals surface area contributed by atoms with Crippen molar-refractivity contribution in [2.45, 2.75) is 0 Å². The molecule has 1 aromatic heterocycles. The minimum Gasteiger partial charge on any atom is -0.489 e. The summed E-state index contributed by atoms with van der Waals surface area (Å²) in [5.41, 5.74) is -0.622. The maximum absolute atomic E-state index is 11.4. The van der Waals surface area contributed by atoms with Crippen LogP contribution in [0.1, 0.15) is 0 Å².